The molecule has 1 unspecified atom stereocenters. The van der Waals surface area contributed by atoms with Gasteiger partial charge in [0, 0.05) is 17.8 Å². The fraction of sp³-hybridized carbons (Fsp3) is 0.643. The molecule has 4 heteroatoms. The molecule has 1 rings (SSSR count). The third kappa shape index (κ3) is 4.42. The number of likely N-dealkylation sites (N-methyl/N-ethyl adjacent to an activating group) is 1. The maximum Gasteiger partial charge on any atom is 0.220 e. The summed E-state index contributed by atoms with van der Waals surface area (Å²) in [5.41, 5.74) is 0. The first kappa shape index (κ1) is 15.2. The van der Waals surface area contributed by atoms with Crippen LogP contribution in [-0.2, 0) is 4.79 Å². The number of carbonyl (C=O) groups is 1. The summed E-state index contributed by atoms with van der Waals surface area (Å²) in [5, 5.41) is 5.14. The molecule has 0 aliphatic heterocycles. The second-order valence-corrected chi connectivity index (χ2v) is 5.29. The highest BCUT2D eigenvalue weighted by Crippen LogP contribution is 2.24. The van der Waals surface area contributed by atoms with Gasteiger partial charge in [-0.05, 0) is 31.0 Å². The van der Waals surface area contributed by atoms with E-state index in [0.29, 0.717) is 19.0 Å². The van der Waals surface area contributed by atoms with Gasteiger partial charge in [0.15, 0.2) is 0 Å². The maximum atomic E-state index is 11.6. The minimum atomic E-state index is 0.159. The molecule has 0 aromatic carbocycles. The molecule has 0 saturated carbocycles. The van der Waals surface area contributed by atoms with Crippen LogP contribution in [0.5, 0.6) is 0 Å². The number of rotatable bonds is 8. The van der Waals surface area contributed by atoms with Gasteiger partial charge in [0.1, 0.15) is 0 Å². The number of nitrogens with one attached hydrogen (secondary N) is 1. The molecule has 0 saturated heterocycles. The summed E-state index contributed by atoms with van der Waals surface area (Å²) in [5.74, 6) is 0.159. The summed E-state index contributed by atoms with van der Waals surface area (Å²) >= 11 is 1.76. The van der Waals surface area contributed by atoms with Crippen molar-refractivity contribution in [1.29, 1.82) is 0 Å². The standard InChI is InChI=1S/C14H24N2OS/c1-4-8-14(17)15-11-12(16(5-2)6-3)13-9-7-10-18-13/h7,9-10,12H,4-6,8,11H2,1-3H3,(H,15,17). The number of amides is 1. The van der Waals surface area contributed by atoms with Gasteiger partial charge in [0.05, 0.1) is 6.04 Å². The Morgan fingerprint density at radius 1 is 1.39 bits per heavy atom. The van der Waals surface area contributed by atoms with Crippen molar-refractivity contribution in [3.8, 4) is 0 Å². The Labute approximate surface area is 114 Å². The largest absolute Gasteiger partial charge is 0.354 e. The van der Waals surface area contributed by atoms with E-state index in [1.807, 2.05) is 6.92 Å². The minimum Gasteiger partial charge on any atom is -0.354 e. The number of thiophene rings is 1. The van der Waals surface area contributed by atoms with Crippen LogP contribution in [0.1, 0.15) is 44.5 Å². The van der Waals surface area contributed by atoms with Crippen molar-refractivity contribution >= 4 is 17.2 Å². The highest BCUT2D eigenvalue weighted by molar-refractivity contribution is 7.10. The lowest BCUT2D eigenvalue weighted by molar-refractivity contribution is -0.121. The van der Waals surface area contributed by atoms with Crippen LogP contribution in [0.3, 0.4) is 0 Å². The van der Waals surface area contributed by atoms with E-state index in [-0.39, 0.29) is 5.91 Å². The van der Waals surface area contributed by atoms with E-state index >= 15 is 0 Å². The summed E-state index contributed by atoms with van der Waals surface area (Å²) in [6, 6.07) is 4.53. The van der Waals surface area contributed by atoms with Crippen LogP contribution in [0.2, 0.25) is 0 Å². The second kappa shape index (κ2) is 8.27. The molecule has 0 spiro atoms. The second-order valence-electron chi connectivity index (χ2n) is 4.31. The zero-order valence-electron chi connectivity index (χ0n) is 11.6. The van der Waals surface area contributed by atoms with Crippen molar-refractivity contribution in [3.05, 3.63) is 22.4 Å². The molecule has 1 aromatic heterocycles. The molecule has 1 aromatic rings. The van der Waals surface area contributed by atoms with Crippen LogP contribution < -0.4 is 5.32 Å². The van der Waals surface area contributed by atoms with Gasteiger partial charge >= 0.3 is 0 Å². The van der Waals surface area contributed by atoms with Gasteiger partial charge in [-0.1, -0.05) is 26.8 Å². The van der Waals surface area contributed by atoms with Crippen molar-refractivity contribution in [2.45, 2.75) is 39.7 Å². The normalized spacial score (nSPS) is 12.7. The molecule has 3 nitrogen and oxygen atoms in total. The van der Waals surface area contributed by atoms with Crippen molar-refractivity contribution in [2.75, 3.05) is 19.6 Å². The van der Waals surface area contributed by atoms with E-state index in [4.69, 9.17) is 0 Å². The maximum absolute atomic E-state index is 11.6. The molecule has 0 bridgehead atoms. The highest BCUT2D eigenvalue weighted by atomic mass is 32.1. The summed E-state index contributed by atoms with van der Waals surface area (Å²) in [6.07, 6.45) is 1.52. The fourth-order valence-corrected chi connectivity index (χ4v) is 2.94. The first-order chi connectivity index (χ1) is 8.72. The first-order valence-electron chi connectivity index (χ1n) is 6.77. The molecule has 1 N–H and O–H groups in total. The lowest BCUT2D eigenvalue weighted by atomic mass is 10.2. The molecule has 18 heavy (non-hydrogen) atoms. The Kier molecular flexibility index (Phi) is 6.98. The topological polar surface area (TPSA) is 32.3 Å². The van der Waals surface area contributed by atoms with E-state index < -0.39 is 0 Å². The fourth-order valence-electron chi connectivity index (χ4n) is 2.08. The van der Waals surface area contributed by atoms with Crippen LogP contribution in [0.25, 0.3) is 0 Å². The molecule has 1 atom stereocenters. The van der Waals surface area contributed by atoms with E-state index in [1.54, 1.807) is 11.3 Å². The van der Waals surface area contributed by atoms with Gasteiger partial charge in [0.2, 0.25) is 5.91 Å². The SMILES string of the molecule is CCCC(=O)NCC(c1cccs1)N(CC)CC. The summed E-state index contributed by atoms with van der Waals surface area (Å²) < 4.78 is 0. The Hall–Kier alpha value is -0.870. The monoisotopic (exact) mass is 268 g/mol. The van der Waals surface area contributed by atoms with Crippen molar-refractivity contribution in [2.24, 2.45) is 0 Å². The lowest BCUT2D eigenvalue weighted by Gasteiger charge is -2.29. The Morgan fingerprint density at radius 2 is 2.11 bits per heavy atom. The number of carbonyl (C=O) groups excluding carboxylic acids is 1. The minimum absolute atomic E-state index is 0.159. The predicted molar refractivity (Wildman–Crippen MR) is 77.9 cm³/mol. The molecule has 0 aliphatic carbocycles. The number of hydrogen-bond donors (Lipinski definition) is 1. The molecule has 1 amide bonds. The van der Waals surface area contributed by atoms with E-state index in [0.717, 1.165) is 19.5 Å². The molecule has 0 fully saturated rings. The number of nitrogens with zero attached hydrogens (tertiary/aromatic N) is 1. The van der Waals surface area contributed by atoms with Crippen molar-refractivity contribution < 1.29 is 4.79 Å². The van der Waals surface area contributed by atoms with E-state index in [2.05, 4.69) is 41.6 Å². The average Bonchev–Trinajstić information content (AvgIpc) is 2.88. The van der Waals surface area contributed by atoms with Gasteiger partial charge in [-0.2, -0.15) is 0 Å². The Morgan fingerprint density at radius 3 is 2.61 bits per heavy atom. The van der Waals surface area contributed by atoms with E-state index in [1.165, 1.54) is 4.88 Å². The quantitative estimate of drug-likeness (QED) is 0.786. The van der Waals surface area contributed by atoms with Crippen molar-refractivity contribution in [3.63, 3.8) is 0 Å². The zero-order valence-corrected chi connectivity index (χ0v) is 12.4. The summed E-state index contributed by atoms with van der Waals surface area (Å²) in [7, 11) is 0. The zero-order chi connectivity index (χ0) is 13.4. The average molecular weight is 268 g/mol. The molecular formula is C14H24N2OS. The van der Waals surface area contributed by atoms with Crippen LogP contribution in [-0.4, -0.2) is 30.4 Å². The Balaban J connectivity index is 2.64. The van der Waals surface area contributed by atoms with Gasteiger partial charge in [0.25, 0.3) is 0 Å². The van der Waals surface area contributed by atoms with Gasteiger partial charge in [-0.3, -0.25) is 9.69 Å². The van der Waals surface area contributed by atoms with Crippen molar-refractivity contribution in [1.82, 2.24) is 10.2 Å². The van der Waals surface area contributed by atoms with Gasteiger partial charge in [-0.25, -0.2) is 0 Å². The van der Waals surface area contributed by atoms with Crippen LogP contribution in [0, 0.1) is 0 Å². The van der Waals surface area contributed by atoms with Crippen LogP contribution >= 0.6 is 11.3 Å². The molecule has 0 radical (unpaired) electrons. The number of hydrogen-bond acceptors (Lipinski definition) is 3. The van der Waals surface area contributed by atoms with Crippen LogP contribution in [0.4, 0.5) is 0 Å². The summed E-state index contributed by atoms with van der Waals surface area (Å²) in [6.45, 7) is 9.07. The molecule has 0 aliphatic rings. The first-order valence-corrected chi connectivity index (χ1v) is 7.64. The molecule has 102 valence electrons. The smallest absolute Gasteiger partial charge is 0.220 e. The predicted octanol–water partition coefficient (Wildman–Crippen LogP) is 3.05. The highest BCUT2D eigenvalue weighted by Gasteiger charge is 2.19. The molecule has 1 heterocycles. The third-order valence-electron chi connectivity index (χ3n) is 3.09. The molecular weight excluding hydrogens is 244 g/mol. The van der Waals surface area contributed by atoms with Gasteiger partial charge in [-0.15, -0.1) is 11.3 Å². The summed E-state index contributed by atoms with van der Waals surface area (Å²) in [4.78, 5) is 15.3. The lowest BCUT2D eigenvalue weighted by Crippen LogP contribution is -2.37. The van der Waals surface area contributed by atoms with E-state index in [9.17, 15) is 4.79 Å². The Bertz CT molecular complexity index is 334. The van der Waals surface area contributed by atoms with Gasteiger partial charge < -0.3 is 5.32 Å². The third-order valence-corrected chi connectivity index (χ3v) is 4.07. The van der Waals surface area contributed by atoms with Crippen LogP contribution in [0.15, 0.2) is 17.5 Å².